The van der Waals surface area contributed by atoms with Crippen LogP contribution >= 0.6 is 47.8 Å². The molecule has 1 aliphatic rings. The number of nitrogens with zero attached hydrogens (tertiary/aromatic N) is 8. The van der Waals surface area contributed by atoms with E-state index in [4.69, 9.17) is 14.2 Å². The lowest BCUT2D eigenvalue weighted by Gasteiger charge is -2.23. The lowest BCUT2D eigenvalue weighted by atomic mass is 9.98. The number of benzene rings is 6. The van der Waals surface area contributed by atoms with E-state index >= 15 is 0 Å². The molecule has 0 saturated carbocycles. The van der Waals surface area contributed by atoms with Crippen molar-refractivity contribution in [2.75, 3.05) is 114 Å². The summed E-state index contributed by atoms with van der Waals surface area (Å²) in [6.45, 7) is 39.4. The Morgan fingerprint density at radius 3 is 1.09 bits per heavy atom. The molecule has 0 bridgehead atoms. The molecule has 0 aliphatic carbocycles. The number of halogens is 3. The van der Waals surface area contributed by atoms with Crippen LogP contribution < -0.4 is 5.32 Å². The highest BCUT2D eigenvalue weighted by atomic mass is 79.9. The van der Waals surface area contributed by atoms with E-state index in [2.05, 4.69) is 150 Å². The number of esters is 4. The molecule has 11 rings (SSSR count). The number of rotatable bonds is 33. The summed E-state index contributed by atoms with van der Waals surface area (Å²) in [5.41, 5.74) is 16.7. The summed E-state index contributed by atoms with van der Waals surface area (Å²) in [5, 5.41) is 54.8. The highest BCUT2D eigenvalue weighted by Crippen LogP contribution is 2.34. The molecule has 1 saturated heterocycles. The molecule has 4 aromatic heterocycles. The van der Waals surface area contributed by atoms with Crippen molar-refractivity contribution in [1.29, 1.82) is 0 Å². The second-order valence-electron chi connectivity index (χ2n) is 30.2. The van der Waals surface area contributed by atoms with E-state index in [1.165, 1.54) is 34.5 Å². The Morgan fingerprint density at radius 2 is 0.750 bits per heavy atom. The van der Waals surface area contributed by atoms with Crippen molar-refractivity contribution in [3.63, 3.8) is 0 Å². The van der Waals surface area contributed by atoms with E-state index in [9.17, 15) is 54.3 Å². The molecular weight excluding hydrogens is 1820 g/mol. The van der Waals surface area contributed by atoms with Crippen molar-refractivity contribution < 1.29 is 78.0 Å². The Labute approximate surface area is 778 Å². The quantitative estimate of drug-likeness (QED) is 0.0126. The number of hydrogen-bond donors (Lipinski definition) is 6. The largest absolute Gasteiger partial charge is 0.478 e. The van der Waals surface area contributed by atoms with Gasteiger partial charge in [-0.25, -0.2) is 24.0 Å². The fourth-order valence-electron chi connectivity index (χ4n) is 13.1. The van der Waals surface area contributed by atoms with Gasteiger partial charge >= 0.3 is 29.8 Å². The first-order valence-electron chi connectivity index (χ1n) is 42.4. The number of carboxylic acids is 1. The highest BCUT2D eigenvalue weighted by molar-refractivity contribution is 9.11. The Hall–Kier alpha value is -10.4. The van der Waals surface area contributed by atoms with Crippen LogP contribution in [0, 0.1) is 27.7 Å². The average Bonchev–Trinajstić information content (AvgIpc) is 1.37. The van der Waals surface area contributed by atoms with E-state index in [0.717, 1.165) is 134 Å². The monoisotopic (exact) mass is 1940 g/mol. The Morgan fingerprint density at radius 1 is 0.422 bits per heavy atom. The number of carbonyl (C=O) groups is 6. The van der Waals surface area contributed by atoms with Crippen LogP contribution in [0.1, 0.15) is 222 Å². The maximum atomic E-state index is 13.2. The van der Waals surface area contributed by atoms with Gasteiger partial charge in [-0.2, -0.15) is 0 Å². The van der Waals surface area contributed by atoms with Crippen molar-refractivity contribution >= 4 is 89.6 Å². The number of carboxylic acid groups (broad SMARTS) is 1. The maximum absolute atomic E-state index is 13.2. The molecule has 6 atom stereocenters. The summed E-state index contributed by atoms with van der Waals surface area (Å²) >= 11 is 9.99. The van der Waals surface area contributed by atoms with E-state index in [1.807, 2.05) is 139 Å². The standard InChI is InChI=1S/C27H34N4O2.C20H26N2O3.C19H24N2O3.C14H20BrNO3.C10H9BrO3.C10H9BrO2/c1-6-31(7-2)17-26(32)23-12-22(25-11-8-18(3)15-29-25)13-24(14-23)27(33)30-20(5)21-10-9-19(4)28-16-21;1-5-22(6-2)13-19(23)16-9-15(10-17(11-16)20(24)25-4)18-8-7-14(3)12-21-18;1-4-21(5-2)12-18(22)15-8-14(9-16(10-15)19(23)24)17-7-6-13(3)11-20-17;1-4-16(5-2)9-13(17)10-6-11(14(18)19-3)8-12(15)7-10;1-13-10(12)7-2-6(9-5-14-9)3-8(11)4-7;1-3-7-4-8(10(12)13-2)6-9(11)5-7/h8-16,20,26,32H,6-7,17H2,1-5H3,(H,30,33);7-12,19,23H,5-6,13H2,1-4H3;6-11,18,22H,4-5,12H2,1-3H3,(H,23,24);6-8,13,17H,4-5,9H2,1-3H3;2-4,9H,5H2,1H3;3-6H,1H2,2H3/t20-,26?;;;;;/m1...../s1. The molecule has 6 aromatic carbocycles. The molecule has 1 aliphatic heterocycles. The second-order valence-corrected chi connectivity index (χ2v) is 33.0. The number of nitrogens with one attached hydrogen (secondary N) is 1. The normalized spacial score (nSPS) is 13.0. The number of pyridine rings is 4. The number of aryl methyl sites for hydroxylation is 4. The van der Waals surface area contributed by atoms with Gasteiger partial charge in [-0.05, 0) is 276 Å². The molecule has 1 amide bonds. The minimum Gasteiger partial charge on any atom is -0.478 e. The van der Waals surface area contributed by atoms with Crippen LogP contribution in [0.2, 0.25) is 0 Å². The zero-order valence-electron chi connectivity index (χ0n) is 76.2. The lowest BCUT2D eigenvalue weighted by molar-refractivity contribution is 0.0591. The Kier molecular flexibility index (Phi) is 45.0. The van der Waals surface area contributed by atoms with Gasteiger partial charge in [-0.1, -0.05) is 140 Å². The van der Waals surface area contributed by atoms with Gasteiger partial charge in [0.05, 0.1) is 110 Å². The average molecular weight is 1950 g/mol. The minimum absolute atomic E-state index is 0.149. The molecule has 1 fully saturated rings. The summed E-state index contributed by atoms with van der Waals surface area (Å²) in [6.07, 6.45) is 6.18. The van der Waals surface area contributed by atoms with Gasteiger partial charge in [-0.15, -0.1) is 0 Å². The van der Waals surface area contributed by atoms with E-state index < -0.39 is 42.3 Å². The van der Waals surface area contributed by atoms with Crippen LogP contribution in [0.25, 0.3) is 39.8 Å². The number of aliphatic hydroxyl groups is 4. The summed E-state index contributed by atoms with van der Waals surface area (Å²) in [6, 6.07) is 47.1. The van der Waals surface area contributed by atoms with Crippen LogP contribution in [0.15, 0.2) is 203 Å². The molecular formula is C100H122Br3N9O16. The van der Waals surface area contributed by atoms with E-state index in [1.54, 1.807) is 91.5 Å². The topological polar surface area (TPSA) is 330 Å². The molecule has 5 heterocycles. The first kappa shape index (κ1) is 106. The minimum atomic E-state index is -1.01. The van der Waals surface area contributed by atoms with Crippen LogP contribution in [0.3, 0.4) is 0 Å². The predicted molar refractivity (Wildman–Crippen MR) is 513 cm³/mol. The molecule has 5 unspecified atom stereocenters. The lowest BCUT2D eigenvalue weighted by Crippen LogP contribution is -2.29. The fourth-order valence-corrected chi connectivity index (χ4v) is 14.6. The molecule has 128 heavy (non-hydrogen) atoms. The first-order valence-corrected chi connectivity index (χ1v) is 44.8. The molecule has 10 aromatic rings. The number of carbonyl (C=O) groups excluding carboxylic acids is 5. The summed E-state index contributed by atoms with van der Waals surface area (Å²) in [7, 11) is 5.42. The number of likely N-dealkylation sites (N-methyl/N-ethyl adjacent to an activating group) is 4. The zero-order chi connectivity index (χ0) is 94.4. The third-order valence-electron chi connectivity index (χ3n) is 21.0. The van der Waals surface area contributed by atoms with Crippen molar-refractivity contribution in [1.82, 2.24) is 44.9 Å². The zero-order valence-corrected chi connectivity index (χ0v) is 81.0. The van der Waals surface area contributed by atoms with E-state index in [-0.39, 0.29) is 35.6 Å². The van der Waals surface area contributed by atoms with E-state index in [0.29, 0.717) is 87.5 Å². The second kappa shape index (κ2) is 54.1. The summed E-state index contributed by atoms with van der Waals surface area (Å²) < 4.78 is 26.4. The maximum Gasteiger partial charge on any atom is 0.337 e. The number of hydrogen-bond acceptors (Lipinski definition) is 23. The predicted octanol–water partition coefficient (Wildman–Crippen LogP) is 18.8. The number of epoxide rings is 1. The Bertz CT molecular complexity index is 5240. The number of amides is 1. The van der Waals surface area contributed by atoms with Gasteiger partial charge in [0.15, 0.2) is 0 Å². The number of methoxy groups -OCH3 is 4. The molecule has 25 nitrogen and oxygen atoms in total. The number of aliphatic hydroxyl groups excluding tert-OH is 4. The van der Waals surface area contributed by atoms with Gasteiger partial charge in [0, 0.05) is 92.3 Å². The molecule has 0 spiro atoms. The number of ether oxygens (including phenoxy) is 5. The smallest absolute Gasteiger partial charge is 0.337 e. The van der Waals surface area contributed by atoms with Crippen molar-refractivity contribution in [3.8, 4) is 33.8 Å². The first-order chi connectivity index (χ1) is 61.1. The molecule has 6 N–H and O–H groups in total. The fraction of sp³-hybridized carbons (Fsp3) is 0.360. The van der Waals surface area contributed by atoms with Crippen molar-refractivity contribution in [3.05, 3.63) is 297 Å². The van der Waals surface area contributed by atoms with Crippen molar-refractivity contribution in [2.24, 2.45) is 0 Å². The summed E-state index contributed by atoms with van der Waals surface area (Å²) in [5.74, 6) is -2.71. The van der Waals surface area contributed by atoms with Crippen LogP contribution in [-0.4, -0.2) is 214 Å². The number of aromatic nitrogens is 4. The van der Waals surface area contributed by atoms with Gasteiger partial charge in [0.2, 0.25) is 0 Å². The SMILES string of the molecule is C=Cc1cc(Br)cc(C(=O)OC)c1.CCN(CC)CC(O)c1cc(Br)cc(C(=O)OC)c1.CCN(CC)CC(O)c1cc(C(=O)N[C@H](C)c2ccc(C)nc2)cc(-c2ccc(C)cn2)c1.CCN(CC)CC(O)c1cc(C(=O)O)cc(-c2ccc(C)cn2)c1.CCN(CC)CC(O)c1cc(C(=O)OC)cc(-c2ccc(C)cn2)c1.COC(=O)c1cc(Br)cc(C2CO2)c1. The number of aromatic carboxylic acids is 1. The van der Waals surface area contributed by atoms with Crippen LogP contribution in [-0.2, 0) is 23.7 Å². The summed E-state index contributed by atoms with van der Waals surface area (Å²) in [4.78, 5) is 96.8. The van der Waals surface area contributed by atoms with Gasteiger partial charge < -0.3 is 74.1 Å². The molecule has 684 valence electrons. The van der Waals surface area contributed by atoms with Crippen LogP contribution in [0.5, 0.6) is 0 Å². The third-order valence-corrected chi connectivity index (χ3v) is 22.4. The van der Waals surface area contributed by atoms with Gasteiger partial charge in [0.1, 0.15) is 6.10 Å². The van der Waals surface area contributed by atoms with Gasteiger partial charge in [0.25, 0.3) is 5.91 Å². The molecule has 0 radical (unpaired) electrons. The van der Waals surface area contributed by atoms with Crippen molar-refractivity contribution in [2.45, 2.75) is 127 Å². The Balaban J connectivity index is 0.000000243. The highest BCUT2D eigenvalue weighted by Gasteiger charge is 2.27. The third kappa shape index (κ3) is 34.2. The molecule has 28 heteroatoms. The van der Waals surface area contributed by atoms with Gasteiger partial charge in [-0.3, -0.25) is 24.7 Å². The van der Waals surface area contributed by atoms with Crippen LogP contribution in [0.4, 0.5) is 0 Å².